The van der Waals surface area contributed by atoms with E-state index in [0.29, 0.717) is 17.6 Å². The molecule has 1 N–H and O–H groups in total. The fraction of sp³-hybridized carbons (Fsp3) is 0.600. The lowest BCUT2D eigenvalue weighted by Gasteiger charge is -2.38. The Hall–Kier alpha value is -1.16. The highest BCUT2D eigenvalue weighted by molar-refractivity contribution is 5.48. The maximum Gasteiger partial charge on any atom is 0.149 e. The Morgan fingerprint density at radius 2 is 2.16 bits per heavy atom. The van der Waals surface area contributed by atoms with Gasteiger partial charge in [0.15, 0.2) is 0 Å². The third-order valence-electron chi connectivity index (χ3n) is 3.81. The first-order chi connectivity index (χ1) is 9.11. The Bertz CT molecular complexity index is 423. The topological polar surface area (TPSA) is 15.3 Å². The number of halogens is 2. The quantitative estimate of drug-likeness (QED) is 0.902. The average Bonchev–Trinajstić information content (AvgIpc) is 2.37. The molecular formula is C15H22F2N2. The molecule has 1 fully saturated rings. The lowest BCUT2D eigenvalue weighted by Crippen LogP contribution is -2.48. The Morgan fingerprint density at radius 3 is 2.79 bits per heavy atom. The van der Waals surface area contributed by atoms with Crippen LogP contribution >= 0.6 is 0 Å². The van der Waals surface area contributed by atoms with Gasteiger partial charge in [0, 0.05) is 25.2 Å². The molecule has 0 aliphatic carbocycles. The minimum atomic E-state index is -0.520. The summed E-state index contributed by atoms with van der Waals surface area (Å²) in [6.45, 7) is 6.99. The standard InChI is InChI=1S/C15H22F2N2/c1-3-7-18-14-6-8-19(10-11(14)2)15-5-4-12(16)9-13(15)17/h4-5,9,11,14,18H,3,6-8,10H2,1-2H3. The zero-order valence-corrected chi connectivity index (χ0v) is 11.6. The van der Waals surface area contributed by atoms with Gasteiger partial charge in [0.1, 0.15) is 11.6 Å². The number of benzene rings is 1. The van der Waals surface area contributed by atoms with Gasteiger partial charge in [-0.05, 0) is 37.4 Å². The van der Waals surface area contributed by atoms with E-state index in [1.54, 1.807) is 0 Å². The molecule has 106 valence electrons. The van der Waals surface area contributed by atoms with Crippen LogP contribution in [0.2, 0.25) is 0 Å². The second-order valence-electron chi connectivity index (χ2n) is 5.37. The van der Waals surface area contributed by atoms with Crippen molar-refractivity contribution in [3.63, 3.8) is 0 Å². The van der Waals surface area contributed by atoms with Crippen molar-refractivity contribution in [2.24, 2.45) is 5.92 Å². The van der Waals surface area contributed by atoms with Gasteiger partial charge in [0.25, 0.3) is 0 Å². The smallest absolute Gasteiger partial charge is 0.149 e. The zero-order chi connectivity index (χ0) is 13.8. The van der Waals surface area contributed by atoms with E-state index in [2.05, 4.69) is 19.2 Å². The van der Waals surface area contributed by atoms with Crippen LogP contribution in [0.3, 0.4) is 0 Å². The van der Waals surface area contributed by atoms with Gasteiger partial charge >= 0.3 is 0 Å². The summed E-state index contributed by atoms with van der Waals surface area (Å²) in [7, 11) is 0. The molecule has 1 aromatic carbocycles. The second-order valence-corrected chi connectivity index (χ2v) is 5.37. The van der Waals surface area contributed by atoms with Gasteiger partial charge < -0.3 is 10.2 Å². The molecule has 0 bridgehead atoms. The number of hydrogen-bond donors (Lipinski definition) is 1. The first kappa shape index (κ1) is 14.3. The molecule has 1 aromatic rings. The van der Waals surface area contributed by atoms with E-state index in [1.165, 1.54) is 12.1 Å². The maximum absolute atomic E-state index is 13.8. The molecule has 1 heterocycles. The van der Waals surface area contributed by atoms with Gasteiger partial charge in [-0.15, -0.1) is 0 Å². The molecule has 0 aromatic heterocycles. The molecule has 1 aliphatic rings. The summed E-state index contributed by atoms with van der Waals surface area (Å²) in [5.41, 5.74) is 0.516. The molecule has 2 nitrogen and oxygen atoms in total. The summed E-state index contributed by atoms with van der Waals surface area (Å²) in [5.74, 6) is -0.522. The number of nitrogens with one attached hydrogen (secondary N) is 1. The van der Waals surface area contributed by atoms with Crippen LogP contribution in [0, 0.1) is 17.6 Å². The molecule has 0 spiro atoms. The van der Waals surface area contributed by atoms with Crippen molar-refractivity contribution in [3.05, 3.63) is 29.8 Å². The van der Waals surface area contributed by atoms with Gasteiger partial charge in [-0.25, -0.2) is 8.78 Å². The zero-order valence-electron chi connectivity index (χ0n) is 11.6. The van der Waals surface area contributed by atoms with E-state index >= 15 is 0 Å². The van der Waals surface area contributed by atoms with Crippen molar-refractivity contribution in [2.45, 2.75) is 32.7 Å². The van der Waals surface area contributed by atoms with Crippen LogP contribution in [0.5, 0.6) is 0 Å². The minimum Gasteiger partial charge on any atom is -0.369 e. The van der Waals surface area contributed by atoms with E-state index in [4.69, 9.17) is 0 Å². The molecule has 1 aliphatic heterocycles. The Labute approximate surface area is 113 Å². The third kappa shape index (κ3) is 3.44. The van der Waals surface area contributed by atoms with Gasteiger partial charge in [0.05, 0.1) is 5.69 Å². The highest BCUT2D eigenvalue weighted by Crippen LogP contribution is 2.26. The van der Waals surface area contributed by atoms with Crippen LogP contribution in [0.15, 0.2) is 18.2 Å². The number of nitrogens with zero attached hydrogens (tertiary/aromatic N) is 1. The van der Waals surface area contributed by atoms with Crippen LogP contribution in [0.4, 0.5) is 14.5 Å². The van der Waals surface area contributed by atoms with Gasteiger partial charge in [-0.3, -0.25) is 0 Å². The van der Waals surface area contributed by atoms with Crippen LogP contribution in [0.25, 0.3) is 0 Å². The summed E-state index contributed by atoms with van der Waals surface area (Å²) in [6.07, 6.45) is 2.12. The minimum absolute atomic E-state index is 0.463. The molecular weight excluding hydrogens is 246 g/mol. The SMILES string of the molecule is CCCNC1CCN(c2ccc(F)cc2F)CC1C. The Morgan fingerprint density at radius 1 is 1.37 bits per heavy atom. The maximum atomic E-state index is 13.8. The molecule has 2 unspecified atom stereocenters. The van der Waals surface area contributed by atoms with E-state index in [0.717, 1.165) is 38.5 Å². The van der Waals surface area contributed by atoms with Gasteiger partial charge in [0.2, 0.25) is 0 Å². The summed E-state index contributed by atoms with van der Waals surface area (Å²) in [4.78, 5) is 2.02. The van der Waals surface area contributed by atoms with Crippen LogP contribution in [0.1, 0.15) is 26.7 Å². The lowest BCUT2D eigenvalue weighted by molar-refractivity contribution is 0.321. The molecule has 0 amide bonds. The fourth-order valence-electron chi connectivity index (χ4n) is 2.74. The number of piperidine rings is 1. The highest BCUT2D eigenvalue weighted by atomic mass is 19.1. The lowest BCUT2D eigenvalue weighted by atomic mass is 9.93. The molecule has 0 saturated carbocycles. The van der Waals surface area contributed by atoms with Crippen molar-refractivity contribution >= 4 is 5.69 Å². The van der Waals surface area contributed by atoms with Crippen molar-refractivity contribution in [1.82, 2.24) is 5.32 Å². The monoisotopic (exact) mass is 268 g/mol. The van der Waals surface area contributed by atoms with E-state index in [9.17, 15) is 8.78 Å². The van der Waals surface area contributed by atoms with Crippen LogP contribution in [-0.2, 0) is 0 Å². The first-order valence-electron chi connectivity index (χ1n) is 7.05. The van der Waals surface area contributed by atoms with Crippen molar-refractivity contribution in [3.8, 4) is 0 Å². The molecule has 0 radical (unpaired) electrons. The largest absolute Gasteiger partial charge is 0.369 e. The summed E-state index contributed by atoms with van der Waals surface area (Å²) >= 11 is 0. The first-order valence-corrected chi connectivity index (χ1v) is 7.05. The normalized spacial score (nSPS) is 23.7. The number of hydrogen-bond acceptors (Lipinski definition) is 2. The van der Waals surface area contributed by atoms with Crippen molar-refractivity contribution in [2.75, 3.05) is 24.5 Å². The second kappa shape index (κ2) is 6.33. The number of anilines is 1. The summed E-state index contributed by atoms with van der Waals surface area (Å²) < 4.78 is 26.7. The van der Waals surface area contributed by atoms with Gasteiger partial charge in [-0.2, -0.15) is 0 Å². The Kier molecular flexibility index (Phi) is 4.75. The third-order valence-corrected chi connectivity index (χ3v) is 3.81. The Balaban J connectivity index is 2.01. The predicted molar refractivity (Wildman–Crippen MR) is 74.4 cm³/mol. The van der Waals surface area contributed by atoms with Crippen LogP contribution in [-0.4, -0.2) is 25.7 Å². The predicted octanol–water partition coefficient (Wildman–Crippen LogP) is 3.18. The van der Waals surface area contributed by atoms with E-state index < -0.39 is 11.6 Å². The number of rotatable bonds is 4. The summed E-state index contributed by atoms with van der Waals surface area (Å²) in [5, 5.41) is 3.54. The fourth-order valence-corrected chi connectivity index (χ4v) is 2.74. The van der Waals surface area contributed by atoms with E-state index in [1.807, 2.05) is 4.90 Å². The van der Waals surface area contributed by atoms with E-state index in [-0.39, 0.29) is 0 Å². The van der Waals surface area contributed by atoms with Crippen molar-refractivity contribution < 1.29 is 8.78 Å². The summed E-state index contributed by atoms with van der Waals surface area (Å²) in [6, 6.07) is 4.32. The molecule has 2 rings (SSSR count). The molecule has 1 saturated heterocycles. The molecule has 2 atom stereocenters. The van der Waals surface area contributed by atoms with Crippen molar-refractivity contribution in [1.29, 1.82) is 0 Å². The van der Waals surface area contributed by atoms with Crippen LogP contribution < -0.4 is 10.2 Å². The highest BCUT2D eigenvalue weighted by Gasteiger charge is 2.26. The average molecular weight is 268 g/mol. The van der Waals surface area contributed by atoms with Gasteiger partial charge in [-0.1, -0.05) is 13.8 Å². The molecule has 19 heavy (non-hydrogen) atoms. The molecule has 4 heteroatoms.